The maximum atomic E-state index is 13.1. The van der Waals surface area contributed by atoms with E-state index in [9.17, 15) is 4.79 Å². The summed E-state index contributed by atoms with van der Waals surface area (Å²) < 4.78 is 7.48. The molecule has 12 nitrogen and oxygen atoms in total. The van der Waals surface area contributed by atoms with Crippen molar-refractivity contribution in [3.8, 4) is 17.1 Å². The summed E-state index contributed by atoms with van der Waals surface area (Å²) in [5, 5.41) is 16.7. The van der Waals surface area contributed by atoms with Gasteiger partial charge in [-0.05, 0) is 43.5 Å². The van der Waals surface area contributed by atoms with Crippen molar-refractivity contribution >= 4 is 23.1 Å². The number of para-hydroxylation sites is 1. The molecule has 1 amide bonds. The van der Waals surface area contributed by atoms with Crippen LogP contribution in [0.1, 0.15) is 25.7 Å². The van der Waals surface area contributed by atoms with Crippen LogP contribution in [0, 0.1) is 5.92 Å². The van der Waals surface area contributed by atoms with Gasteiger partial charge in [-0.2, -0.15) is 5.10 Å². The number of aryl methyl sites for hydroxylation is 1. The lowest BCUT2D eigenvalue weighted by Crippen LogP contribution is -2.60. The predicted octanol–water partition coefficient (Wildman–Crippen LogP) is 2.01. The van der Waals surface area contributed by atoms with Crippen LogP contribution in [0.3, 0.4) is 0 Å². The van der Waals surface area contributed by atoms with Crippen LogP contribution < -0.4 is 31.0 Å². The van der Waals surface area contributed by atoms with Crippen molar-refractivity contribution in [3.63, 3.8) is 0 Å². The van der Waals surface area contributed by atoms with Crippen LogP contribution >= 0.6 is 0 Å². The van der Waals surface area contributed by atoms with Crippen LogP contribution in [0.5, 0.6) is 5.75 Å². The number of nitrogens with zero attached hydrogens (tertiary/aromatic N) is 6. The quantitative estimate of drug-likeness (QED) is 0.359. The maximum absolute atomic E-state index is 13.1. The predicted molar refractivity (Wildman–Crippen MR) is 149 cm³/mol. The van der Waals surface area contributed by atoms with Crippen molar-refractivity contribution in [2.24, 2.45) is 13.0 Å². The fourth-order valence-corrected chi connectivity index (χ4v) is 5.90. The number of pyridine rings is 1. The zero-order chi connectivity index (χ0) is 26.9. The second-order valence-electron chi connectivity index (χ2n) is 10.5. The molecule has 5 heterocycles. The third kappa shape index (κ3) is 5.09. The van der Waals surface area contributed by atoms with Gasteiger partial charge in [-0.1, -0.05) is 6.07 Å². The monoisotopic (exact) mass is 532 g/mol. The van der Waals surface area contributed by atoms with Crippen molar-refractivity contribution in [1.29, 1.82) is 0 Å². The largest absolute Gasteiger partial charge is 0.494 e. The molecule has 3 saturated heterocycles. The Morgan fingerprint density at radius 2 is 1.90 bits per heavy atom. The van der Waals surface area contributed by atoms with E-state index in [-0.39, 0.29) is 30.2 Å². The zero-order valence-electron chi connectivity index (χ0n) is 22.6. The van der Waals surface area contributed by atoms with Gasteiger partial charge in [0.1, 0.15) is 12.1 Å². The number of anilines is 3. The van der Waals surface area contributed by atoms with Crippen LogP contribution in [0.25, 0.3) is 11.4 Å². The van der Waals surface area contributed by atoms with Gasteiger partial charge in [0.05, 0.1) is 48.5 Å². The minimum absolute atomic E-state index is 0.0361. The molecule has 0 radical (unpaired) electrons. The van der Waals surface area contributed by atoms with Crippen molar-refractivity contribution in [2.45, 2.75) is 44.1 Å². The number of aromatic nitrogens is 4. The lowest BCUT2D eigenvalue weighted by atomic mass is 9.88. The molecule has 1 aromatic carbocycles. The molecule has 4 unspecified atom stereocenters. The Balaban J connectivity index is 1.22. The van der Waals surface area contributed by atoms with Crippen LogP contribution in [-0.4, -0.2) is 76.3 Å². The van der Waals surface area contributed by atoms with E-state index in [4.69, 9.17) is 9.72 Å². The standard InChI is InChI=1S/C27H36N10O2/c1-35-16-29-25(33-35)18-8-7-9-19(24(18)39-3)30-20-14-22(32-26-23(20)27(38)36(2)34-26)31-21-11-10-17(15-28-21)37-12-5-4-6-13-37/h7-11,15-16,20,22-23,26,30,32,34H,4-6,12-14H2,1-3H3,(H,28,31). The molecule has 12 heteroatoms. The fourth-order valence-electron chi connectivity index (χ4n) is 5.90. The molecule has 206 valence electrons. The Labute approximate surface area is 228 Å². The first-order valence-electron chi connectivity index (χ1n) is 13.6. The van der Waals surface area contributed by atoms with E-state index in [1.165, 1.54) is 19.3 Å². The van der Waals surface area contributed by atoms with Crippen molar-refractivity contribution in [3.05, 3.63) is 42.9 Å². The highest BCUT2D eigenvalue weighted by atomic mass is 16.5. The number of benzene rings is 1. The third-order valence-corrected chi connectivity index (χ3v) is 7.80. The van der Waals surface area contributed by atoms with Gasteiger partial charge in [-0.25, -0.2) is 15.4 Å². The summed E-state index contributed by atoms with van der Waals surface area (Å²) >= 11 is 0. The van der Waals surface area contributed by atoms with Gasteiger partial charge in [0, 0.05) is 39.6 Å². The van der Waals surface area contributed by atoms with Gasteiger partial charge in [0.25, 0.3) is 0 Å². The number of amides is 1. The average Bonchev–Trinajstić information content (AvgIpc) is 3.51. The summed E-state index contributed by atoms with van der Waals surface area (Å²) in [6.07, 6.45) is 7.67. The molecular weight excluding hydrogens is 496 g/mol. The molecule has 0 spiro atoms. The first kappa shape index (κ1) is 25.4. The van der Waals surface area contributed by atoms with Crippen molar-refractivity contribution in [2.75, 3.05) is 42.8 Å². The third-order valence-electron chi connectivity index (χ3n) is 7.80. The number of hydrogen-bond donors (Lipinski definition) is 4. The van der Waals surface area contributed by atoms with Gasteiger partial charge in [0.2, 0.25) is 5.91 Å². The number of methoxy groups -OCH3 is 1. The number of carbonyl (C=O) groups is 1. The molecule has 0 aliphatic carbocycles. The number of rotatable bonds is 7. The number of carbonyl (C=O) groups excluding carboxylic acids is 1. The number of hydrazine groups is 1. The molecule has 4 atom stereocenters. The van der Waals surface area contributed by atoms with E-state index >= 15 is 0 Å². The highest BCUT2D eigenvalue weighted by Crippen LogP contribution is 2.37. The summed E-state index contributed by atoms with van der Waals surface area (Å²) in [6.45, 7) is 2.17. The van der Waals surface area contributed by atoms with E-state index in [0.29, 0.717) is 18.0 Å². The van der Waals surface area contributed by atoms with Gasteiger partial charge in [-0.3, -0.25) is 19.8 Å². The molecule has 0 saturated carbocycles. The second-order valence-corrected chi connectivity index (χ2v) is 10.5. The van der Waals surface area contributed by atoms with Crippen molar-refractivity contribution in [1.82, 2.24) is 35.5 Å². The van der Waals surface area contributed by atoms with Gasteiger partial charge in [0.15, 0.2) is 11.6 Å². The molecule has 6 rings (SSSR count). The van der Waals surface area contributed by atoms with Gasteiger partial charge < -0.3 is 20.3 Å². The Bertz CT molecular complexity index is 1310. The molecule has 4 N–H and O–H groups in total. The summed E-state index contributed by atoms with van der Waals surface area (Å²) in [5.41, 5.74) is 6.01. The van der Waals surface area contributed by atoms with E-state index < -0.39 is 0 Å². The van der Waals surface area contributed by atoms with E-state index in [1.54, 1.807) is 30.2 Å². The maximum Gasteiger partial charge on any atom is 0.244 e. The highest BCUT2D eigenvalue weighted by molar-refractivity contribution is 5.83. The highest BCUT2D eigenvalue weighted by Gasteiger charge is 2.48. The van der Waals surface area contributed by atoms with E-state index in [0.717, 1.165) is 35.8 Å². The topological polar surface area (TPSA) is 124 Å². The summed E-state index contributed by atoms with van der Waals surface area (Å²) in [6, 6.07) is 9.83. The van der Waals surface area contributed by atoms with Crippen LogP contribution in [-0.2, 0) is 11.8 Å². The van der Waals surface area contributed by atoms with Crippen LogP contribution in [0.2, 0.25) is 0 Å². The molecule has 39 heavy (non-hydrogen) atoms. The fraction of sp³-hybridized carbons (Fsp3) is 0.481. The molecule has 3 aromatic rings. The van der Waals surface area contributed by atoms with E-state index in [1.807, 2.05) is 37.5 Å². The van der Waals surface area contributed by atoms with Crippen LogP contribution in [0.15, 0.2) is 42.9 Å². The first-order valence-corrected chi connectivity index (χ1v) is 13.6. The van der Waals surface area contributed by atoms with Gasteiger partial charge in [-0.15, -0.1) is 0 Å². The Morgan fingerprint density at radius 3 is 2.62 bits per heavy atom. The number of ether oxygens (including phenoxy) is 1. The lowest BCUT2D eigenvalue weighted by molar-refractivity contribution is -0.131. The Hall–Kier alpha value is -3.90. The Morgan fingerprint density at radius 1 is 1.05 bits per heavy atom. The number of piperidine rings is 2. The SMILES string of the molecule is COc1c(NC2CC(Nc3ccc(N4CCCCC4)cn3)NC3NN(C)C(=O)C23)cccc1-c1ncn(C)n1. The Kier molecular flexibility index (Phi) is 6.96. The smallest absolute Gasteiger partial charge is 0.244 e. The summed E-state index contributed by atoms with van der Waals surface area (Å²) in [4.78, 5) is 24.6. The summed E-state index contributed by atoms with van der Waals surface area (Å²) in [7, 11) is 5.23. The van der Waals surface area contributed by atoms with Crippen molar-refractivity contribution < 1.29 is 9.53 Å². The summed E-state index contributed by atoms with van der Waals surface area (Å²) in [5.74, 6) is 1.75. The molecule has 3 aliphatic rings. The second kappa shape index (κ2) is 10.7. The minimum Gasteiger partial charge on any atom is -0.494 e. The average molecular weight is 533 g/mol. The number of hydrogen-bond acceptors (Lipinski definition) is 10. The molecule has 3 fully saturated rings. The molecule has 3 aliphatic heterocycles. The molecule has 0 bridgehead atoms. The molecule has 2 aromatic heterocycles. The number of fused-ring (bicyclic) bond motifs is 1. The van der Waals surface area contributed by atoms with E-state index in [2.05, 4.69) is 42.4 Å². The van der Waals surface area contributed by atoms with Gasteiger partial charge >= 0.3 is 0 Å². The molecular formula is C27H36N10O2. The van der Waals surface area contributed by atoms with Crippen LogP contribution in [0.4, 0.5) is 17.2 Å². The lowest BCUT2D eigenvalue weighted by Gasteiger charge is -2.39. The zero-order valence-corrected chi connectivity index (χ0v) is 22.6. The normalized spacial score (nSPS) is 24.9. The minimum atomic E-state index is -0.302. The first-order chi connectivity index (χ1) is 19.0. The number of nitrogens with one attached hydrogen (secondary N) is 4.